The van der Waals surface area contributed by atoms with Crippen molar-refractivity contribution in [3.05, 3.63) is 51.5 Å². The van der Waals surface area contributed by atoms with Crippen molar-refractivity contribution in [1.82, 2.24) is 9.78 Å². The highest BCUT2D eigenvalue weighted by atomic mass is 79.9. The maximum absolute atomic E-state index is 12.8. The number of ketones is 1. The average molecular weight is 339 g/mol. The molecule has 1 heterocycles. The summed E-state index contributed by atoms with van der Waals surface area (Å²) in [6, 6.07) is 6.03. The molecule has 0 bridgehead atoms. The van der Waals surface area contributed by atoms with E-state index in [1.54, 1.807) is 12.1 Å². The van der Waals surface area contributed by atoms with Crippen LogP contribution in [0.2, 0.25) is 0 Å². The number of benzene rings is 1. The molecule has 0 unspecified atom stereocenters. The number of carbonyl (C=O) groups is 1. The van der Waals surface area contributed by atoms with Crippen molar-refractivity contribution in [2.75, 3.05) is 0 Å². The number of aromatic nitrogens is 2. The van der Waals surface area contributed by atoms with E-state index >= 15 is 0 Å². The van der Waals surface area contributed by atoms with Crippen LogP contribution in [-0.4, -0.2) is 15.6 Å². The molecule has 0 aliphatic carbocycles. The first-order chi connectivity index (χ1) is 9.51. The van der Waals surface area contributed by atoms with Crippen LogP contribution in [-0.2, 0) is 24.2 Å². The Morgan fingerprint density at radius 1 is 1.30 bits per heavy atom. The first-order valence-electron chi connectivity index (χ1n) is 6.49. The van der Waals surface area contributed by atoms with Gasteiger partial charge in [-0.3, -0.25) is 9.48 Å². The van der Waals surface area contributed by atoms with Crippen LogP contribution in [0.25, 0.3) is 0 Å². The van der Waals surface area contributed by atoms with Gasteiger partial charge < -0.3 is 0 Å². The van der Waals surface area contributed by atoms with Crippen molar-refractivity contribution in [1.29, 1.82) is 0 Å². The molecular formula is C15H16BrFN2O. The molecule has 0 atom stereocenters. The van der Waals surface area contributed by atoms with Crippen molar-refractivity contribution in [3.63, 3.8) is 0 Å². The lowest BCUT2D eigenvalue weighted by molar-refractivity contribution is -0.117. The third kappa shape index (κ3) is 3.33. The number of rotatable bonds is 5. The highest BCUT2D eigenvalue weighted by Gasteiger charge is 2.15. The third-order valence-electron chi connectivity index (χ3n) is 3.13. The molecule has 0 amide bonds. The summed E-state index contributed by atoms with van der Waals surface area (Å²) in [7, 11) is 0. The number of halogens is 2. The Labute approximate surface area is 125 Å². The van der Waals surface area contributed by atoms with E-state index in [1.165, 1.54) is 12.1 Å². The fourth-order valence-corrected chi connectivity index (χ4v) is 2.54. The Morgan fingerprint density at radius 3 is 2.55 bits per heavy atom. The maximum atomic E-state index is 12.8. The minimum atomic E-state index is -0.288. The Balaban J connectivity index is 2.10. The number of hydrogen-bond acceptors (Lipinski definition) is 2. The van der Waals surface area contributed by atoms with Crippen LogP contribution < -0.4 is 0 Å². The molecular weight excluding hydrogens is 323 g/mol. The summed E-state index contributed by atoms with van der Waals surface area (Å²) in [5, 5.41) is 4.37. The first-order valence-corrected chi connectivity index (χ1v) is 7.28. The van der Waals surface area contributed by atoms with Gasteiger partial charge in [-0.15, -0.1) is 0 Å². The molecule has 0 aliphatic heterocycles. The maximum Gasteiger partial charge on any atom is 0.143 e. The smallest absolute Gasteiger partial charge is 0.143 e. The zero-order valence-electron chi connectivity index (χ0n) is 11.5. The highest BCUT2D eigenvalue weighted by Crippen LogP contribution is 2.22. The van der Waals surface area contributed by atoms with Crippen molar-refractivity contribution < 1.29 is 9.18 Å². The van der Waals surface area contributed by atoms with Crippen LogP contribution in [0, 0.1) is 12.7 Å². The second kappa shape index (κ2) is 6.31. The summed E-state index contributed by atoms with van der Waals surface area (Å²) in [6.07, 6.45) is 0.632. The lowest BCUT2D eigenvalue weighted by Gasteiger charge is -2.05. The summed E-state index contributed by atoms with van der Waals surface area (Å²) >= 11 is 3.48. The minimum Gasteiger partial charge on any atom is -0.299 e. The fourth-order valence-electron chi connectivity index (χ4n) is 2.12. The minimum absolute atomic E-state index is 0.0897. The largest absolute Gasteiger partial charge is 0.299 e. The first kappa shape index (κ1) is 14.9. The van der Waals surface area contributed by atoms with Crippen molar-refractivity contribution in [2.24, 2.45) is 0 Å². The lowest BCUT2D eigenvalue weighted by atomic mass is 10.1. The predicted molar refractivity (Wildman–Crippen MR) is 79.2 cm³/mol. The lowest BCUT2D eigenvalue weighted by Crippen LogP contribution is -2.12. The summed E-state index contributed by atoms with van der Waals surface area (Å²) in [6.45, 7) is 4.63. The molecule has 0 N–H and O–H groups in total. The van der Waals surface area contributed by atoms with E-state index in [0.717, 1.165) is 28.0 Å². The van der Waals surface area contributed by atoms with Gasteiger partial charge in [-0.2, -0.15) is 5.10 Å². The number of nitrogens with zero attached hydrogens (tertiary/aromatic N) is 2. The number of carbonyl (C=O) groups excluding carboxylic acids is 1. The zero-order valence-corrected chi connectivity index (χ0v) is 13.1. The van der Waals surface area contributed by atoms with E-state index in [-0.39, 0.29) is 11.6 Å². The zero-order chi connectivity index (χ0) is 14.7. The topological polar surface area (TPSA) is 34.9 Å². The van der Waals surface area contributed by atoms with Gasteiger partial charge in [0.05, 0.1) is 15.9 Å². The quantitative estimate of drug-likeness (QED) is 0.836. The average Bonchev–Trinajstić information content (AvgIpc) is 2.69. The summed E-state index contributed by atoms with van der Waals surface area (Å²) in [4.78, 5) is 12.1. The molecule has 2 aromatic rings. The van der Waals surface area contributed by atoms with Crippen LogP contribution in [0.3, 0.4) is 0 Å². The highest BCUT2D eigenvalue weighted by molar-refractivity contribution is 9.10. The molecule has 0 saturated carbocycles. The summed E-state index contributed by atoms with van der Waals surface area (Å²) in [5.41, 5.74) is 2.61. The molecule has 20 heavy (non-hydrogen) atoms. The summed E-state index contributed by atoms with van der Waals surface area (Å²) in [5.74, 6) is -0.199. The Bertz CT molecular complexity index is 620. The van der Waals surface area contributed by atoms with Crippen LogP contribution in [0.5, 0.6) is 0 Å². The van der Waals surface area contributed by atoms with E-state index < -0.39 is 0 Å². The van der Waals surface area contributed by atoms with Gasteiger partial charge in [0.15, 0.2) is 0 Å². The van der Waals surface area contributed by atoms with E-state index in [4.69, 9.17) is 0 Å². The second-order valence-electron chi connectivity index (χ2n) is 4.68. The Morgan fingerprint density at radius 2 is 1.95 bits per heavy atom. The van der Waals surface area contributed by atoms with Gasteiger partial charge in [0.2, 0.25) is 0 Å². The van der Waals surface area contributed by atoms with E-state index in [1.807, 2.05) is 18.5 Å². The van der Waals surface area contributed by atoms with Crippen LogP contribution in [0.15, 0.2) is 28.7 Å². The number of hydrogen-bond donors (Lipinski definition) is 0. The van der Waals surface area contributed by atoms with E-state index in [2.05, 4.69) is 21.0 Å². The molecule has 0 saturated heterocycles. The molecule has 0 radical (unpaired) electrons. The Hall–Kier alpha value is -1.49. The standard InChI is InChI=1S/C15H16BrFN2O/c1-3-19-14(15(16)10(2)18-19)9-13(20)8-11-4-6-12(17)7-5-11/h4-7H,3,8-9H2,1-2H3. The molecule has 1 aromatic heterocycles. The van der Waals surface area contributed by atoms with Gasteiger partial charge in [0.1, 0.15) is 11.6 Å². The monoisotopic (exact) mass is 338 g/mol. The number of Topliss-reactive ketones (excluding diaryl/α,β-unsaturated/α-hetero) is 1. The number of aryl methyl sites for hydroxylation is 2. The Kier molecular flexibility index (Phi) is 4.70. The van der Waals surface area contributed by atoms with Crippen LogP contribution in [0.1, 0.15) is 23.9 Å². The normalized spacial score (nSPS) is 10.8. The van der Waals surface area contributed by atoms with Gasteiger partial charge >= 0.3 is 0 Å². The van der Waals surface area contributed by atoms with Gasteiger partial charge in [-0.1, -0.05) is 12.1 Å². The summed E-state index contributed by atoms with van der Waals surface area (Å²) < 4.78 is 15.6. The molecule has 0 aliphatic rings. The molecule has 2 rings (SSSR count). The van der Waals surface area contributed by atoms with Crippen molar-refractivity contribution in [3.8, 4) is 0 Å². The van der Waals surface area contributed by atoms with Crippen molar-refractivity contribution in [2.45, 2.75) is 33.2 Å². The molecule has 0 spiro atoms. The van der Waals surface area contributed by atoms with Crippen LogP contribution in [0.4, 0.5) is 4.39 Å². The van der Waals surface area contributed by atoms with Gasteiger partial charge in [0.25, 0.3) is 0 Å². The van der Waals surface area contributed by atoms with E-state index in [9.17, 15) is 9.18 Å². The third-order valence-corrected chi connectivity index (χ3v) is 4.16. The second-order valence-corrected chi connectivity index (χ2v) is 5.47. The molecule has 1 aromatic carbocycles. The molecule has 0 fully saturated rings. The fraction of sp³-hybridized carbons (Fsp3) is 0.333. The predicted octanol–water partition coefficient (Wildman–Crippen LogP) is 3.47. The van der Waals surface area contributed by atoms with Gasteiger partial charge in [-0.05, 0) is 47.5 Å². The van der Waals surface area contributed by atoms with Gasteiger partial charge in [0, 0.05) is 19.4 Å². The van der Waals surface area contributed by atoms with Crippen LogP contribution >= 0.6 is 15.9 Å². The SMILES string of the molecule is CCn1nc(C)c(Br)c1CC(=O)Cc1ccc(F)cc1. The molecule has 3 nitrogen and oxygen atoms in total. The molecule has 5 heteroatoms. The van der Waals surface area contributed by atoms with Crippen molar-refractivity contribution >= 4 is 21.7 Å². The molecule has 106 valence electrons. The van der Waals surface area contributed by atoms with Gasteiger partial charge in [-0.25, -0.2) is 4.39 Å². The van der Waals surface area contributed by atoms with E-state index in [0.29, 0.717) is 12.8 Å².